The number of rotatable bonds is 5. The fourth-order valence-corrected chi connectivity index (χ4v) is 2.46. The molecule has 0 saturated heterocycles. The van der Waals surface area contributed by atoms with E-state index in [0.29, 0.717) is 11.3 Å². The van der Waals surface area contributed by atoms with Crippen LogP contribution in [0.4, 0.5) is 11.4 Å². The Bertz CT molecular complexity index is 925. The number of benzene rings is 2. The van der Waals surface area contributed by atoms with Gasteiger partial charge in [0.1, 0.15) is 0 Å². The minimum Gasteiger partial charge on any atom is -0.376 e. The Morgan fingerprint density at radius 1 is 0.963 bits per heavy atom. The molecule has 3 N–H and O–H groups in total. The van der Waals surface area contributed by atoms with Gasteiger partial charge in [0.05, 0.1) is 6.54 Å². The van der Waals surface area contributed by atoms with E-state index in [4.69, 9.17) is 0 Å². The van der Waals surface area contributed by atoms with E-state index in [-0.39, 0.29) is 18.4 Å². The minimum absolute atomic E-state index is 0.103. The SMILES string of the molecule is CC.CNC(=O)c1cccc(NCC(=O)Nc2ccc3cnccc3c2)c1. The predicted molar refractivity (Wildman–Crippen MR) is 110 cm³/mol. The fraction of sp³-hybridized carbons (Fsp3) is 0.190. The van der Waals surface area contributed by atoms with Crippen LogP contribution < -0.4 is 16.0 Å². The molecule has 3 aromatic rings. The van der Waals surface area contributed by atoms with Crippen LogP contribution in [-0.4, -0.2) is 30.4 Å². The third-order valence-corrected chi connectivity index (χ3v) is 3.73. The molecule has 0 radical (unpaired) electrons. The smallest absolute Gasteiger partial charge is 0.251 e. The summed E-state index contributed by atoms with van der Waals surface area (Å²) in [5.74, 6) is -0.336. The van der Waals surface area contributed by atoms with Gasteiger partial charge in [-0.05, 0) is 41.8 Å². The molecule has 0 spiro atoms. The summed E-state index contributed by atoms with van der Waals surface area (Å²) >= 11 is 0. The van der Waals surface area contributed by atoms with Gasteiger partial charge in [-0.15, -0.1) is 0 Å². The summed E-state index contributed by atoms with van der Waals surface area (Å²) in [5.41, 5.74) is 1.97. The van der Waals surface area contributed by atoms with Gasteiger partial charge in [0.2, 0.25) is 5.91 Å². The van der Waals surface area contributed by atoms with Gasteiger partial charge in [-0.1, -0.05) is 26.0 Å². The molecule has 3 rings (SSSR count). The summed E-state index contributed by atoms with van der Waals surface area (Å²) in [4.78, 5) is 27.8. The van der Waals surface area contributed by atoms with Crippen molar-refractivity contribution in [1.29, 1.82) is 0 Å². The summed E-state index contributed by atoms with van der Waals surface area (Å²) in [6.45, 7) is 4.10. The first-order valence-corrected chi connectivity index (χ1v) is 8.85. The number of carbonyl (C=O) groups is 2. The summed E-state index contributed by atoms with van der Waals surface area (Å²) in [5, 5.41) is 10.5. The van der Waals surface area contributed by atoms with Crippen molar-refractivity contribution in [3.05, 3.63) is 66.5 Å². The van der Waals surface area contributed by atoms with Crippen molar-refractivity contribution in [2.24, 2.45) is 0 Å². The lowest BCUT2D eigenvalue weighted by molar-refractivity contribution is -0.114. The van der Waals surface area contributed by atoms with Gasteiger partial charge in [-0.3, -0.25) is 14.6 Å². The first kappa shape index (κ1) is 19.9. The zero-order valence-electron chi connectivity index (χ0n) is 15.7. The molecule has 1 heterocycles. The topological polar surface area (TPSA) is 83.1 Å². The average Bonchev–Trinajstić information content (AvgIpc) is 2.73. The standard InChI is InChI=1S/C19H18N4O2.C2H6/c1-20-19(25)14-3-2-4-16(10-14)22-12-18(24)23-17-6-5-15-11-21-8-7-13(15)9-17;1-2/h2-11,22H,12H2,1H3,(H,20,25)(H,23,24);1-2H3. The molecule has 0 aliphatic heterocycles. The Balaban J connectivity index is 0.00000126. The zero-order chi connectivity index (χ0) is 19.6. The number of hydrogen-bond acceptors (Lipinski definition) is 4. The second-order valence-corrected chi connectivity index (χ2v) is 5.50. The summed E-state index contributed by atoms with van der Waals surface area (Å²) in [6, 6.07) is 14.6. The third-order valence-electron chi connectivity index (χ3n) is 3.73. The Kier molecular flexibility index (Phi) is 7.31. The van der Waals surface area contributed by atoms with Crippen molar-refractivity contribution >= 4 is 34.0 Å². The molecule has 0 fully saturated rings. The van der Waals surface area contributed by atoms with Crippen LogP contribution >= 0.6 is 0 Å². The molecule has 0 unspecified atom stereocenters. The largest absolute Gasteiger partial charge is 0.376 e. The molecular weight excluding hydrogens is 340 g/mol. The van der Waals surface area contributed by atoms with Crippen LogP contribution in [0.15, 0.2) is 60.9 Å². The van der Waals surface area contributed by atoms with Crippen LogP contribution in [0.1, 0.15) is 24.2 Å². The lowest BCUT2D eigenvalue weighted by atomic mass is 10.1. The van der Waals surface area contributed by atoms with E-state index in [1.54, 1.807) is 37.6 Å². The molecule has 1 aromatic heterocycles. The normalized spacial score (nSPS) is 9.74. The Morgan fingerprint density at radius 3 is 2.56 bits per heavy atom. The van der Waals surface area contributed by atoms with Crippen molar-refractivity contribution in [3.63, 3.8) is 0 Å². The van der Waals surface area contributed by atoms with Gasteiger partial charge in [-0.2, -0.15) is 0 Å². The highest BCUT2D eigenvalue weighted by Crippen LogP contribution is 2.18. The van der Waals surface area contributed by atoms with Gasteiger partial charge >= 0.3 is 0 Å². The van der Waals surface area contributed by atoms with Gasteiger partial charge in [0.15, 0.2) is 0 Å². The Morgan fingerprint density at radius 2 is 1.78 bits per heavy atom. The molecule has 2 aromatic carbocycles. The van der Waals surface area contributed by atoms with E-state index in [1.165, 1.54) is 0 Å². The van der Waals surface area contributed by atoms with Crippen LogP contribution in [-0.2, 0) is 4.79 Å². The highest BCUT2D eigenvalue weighted by Gasteiger charge is 2.06. The van der Waals surface area contributed by atoms with Crippen molar-refractivity contribution in [2.45, 2.75) is 13.8 Å². The van der Waals surface area contributed by atoms with Gasteiger partial charge in [0, 0.05) is 41.8 Å². The van der Waals surface area contributed by atoms with Gasteiger partial charge < -0.3 is 16.0 Å². The minimum atomic E-state index is -0.168. The zero-order valence-corrected chi connectivity index (χ0v) is 15.7. The molecule has 0 aliphatic carbocycles. The average molecular weight is 364 g/mol. The van der Waals surface area contributed by atoms with Crippen LogP contribution in [0.25, 0.3) is 10.8 Å². The van der Waals surface area contributed by atoms with E-state index in [1.807, 2.05) is 44.2 Å². The predicted octanol–water partition coefficient (Wildman–Crippen LogP) is 3.67. The van der Waals surface area contributed by atoms with Gasteiger partial charge in [0.25, 0.3) is 5.91 Å². The molecule has 6 heteroatoms. The number of nitrogens with one attached hydrogen (secondary N) is 3. The van der Waals surface area contributed by atoms with E-state index in [9.17, 15) is 9.59 Å². The van der Waals surface area contributed by atoms with Crippen molar-refractivity contribution in [2.75, 3.05) is 24.2 Å². The lowest BCUT2D eigenvalue weighted by Crippen LogP contribution is -2.22. The van der Waals surface area contributed by atoms with Crippen molar-refractivity contribution < 1.29 is 9.59 Å². The van der Waals surface area contributed by atoms with Crippen LogP contribution in [0.2, 0.25) is 0 Å². The number of pyridine rings is 1. The first-order chi connectivity index (χ1) is 13.2. The number of carbonyl (C=O) groups excluding carboxylic acids is 2. The van der Waals surface area contributed by atoms with E-state index in [2.05, 4.69) is 20.9 Å². The van der Waals surface area contributed by atoms with Crippen LogP contribution in [0, 0.1) is 0 Å². The molecule has 0 saturated carbocycles. The maximum absolute atomic E-state index is 12.1. The number of aromatic nitrogens is 1. The Labute approximate surface area is 159 Å². The van der Waals surface area contributed by atoms with Crippen molar-refractivity contribution in [3.8, 4) is 0 Å². The number of fused-ring (bicyclic) bond motifs is 1. The fourth-order valence-electron chi connectivity index (χ4n) is 2.46. The summed E-state index contributed by atoms with van der Waals surface area (Å²) in [7, 11) is 1.58. The van der Waals surface area contributed by atoms with Gasteiger partial charge in [-0.25, -0.2) is 0 Å². The maximum Gasteiger partial charge on any atom is 0.251 e. The molecule has 6 nitrogen and oxygen atoms in total. The highest BCUT2D eigenvalue weighted by molar-refractivity contribution is 5.97. The molecule has 140 valence electrons. The summed E-state index contributed by atoms with van der Waals surface area (Å²) < 4.78 is 0. The number of hydrogen-bond donors (Lipinski definition) is 3. The second kappa shape index (κ2) is 9.91. The van der Waals surface area contributed by atoms with E-state index < -0.39 is 0 Å². The second-order valence-electron chi connectivity index (χ2n) is 5.50. The first-order valence-electron chi connectivity index (χ1n) is 8.85. The summed E-state index contributed by atoms with van der Waals surface area (Å²) in [6.07, 6.45) is 3.50. The molecule has 0 aliphatic rings. The maximum atomic E-state index is 12.1. The van der Waals surface area contributed by atoms with E-state index >= 15 is 0 Å². The van der Waals surface area contributed by atoms with E-state index in [0.717, 1.165) is 16.5 Å². The molecular formula is C21H24N4O2. The van der Waals surface area contributed by atoms with Crippen LogP contribution in [0.3, 0.4) is 0 Å². The molecule has 2 amide bonds. The quantitative estimate of drug-likeness (QED) is 0.645. The van der Waals surface area contributed by atoms with Crippen molar-refractivity contribution in [1.82, 2.24) is 10.3 Å². The lowest BCUT2D eigenvalue weighted by Gasteiger charge is -2.09. The number of nitrogens with zero attached hydrogens (tertiary/aromatic N) is 1. The number of anilines is 2. The third kappa shape index (κ3) is 5.54. The number of amides is 2. The monoisotopic (exact) mass is 364 g/mol. The molecule has 0 atom stereocenters. The molecule has 0 bridgehead atoms. The van der Waals surface area contributed by atoms with Crippen LogP contribution in [0.5, 0.6) is 0 Å². The molecule has 27 heavy (non-hydrogen) atoms. The Hall–Kier alpha value is -3.41. The highest BCUT2D eigenvalue weighted by atomic mass is 16.2.